The second-order valence-electron chi connectivity index (χ2n) is 3.76. The fourth-order valence-electron chi connectivity index (χ4n) is 1.58. The third-order valence-electron chi connectivity index (χ3n) is 2.46. The minimum absolute atomic E-state index is 0.664. The van der Waals surface area contributed by atoms with E-state index in [2.05, 4.69) is 19.2 Å². The molecule has 1 atom stereocenters. The van der Waals surface area contributed by atoms with Crippen LogP contribution in [0.1, 0.15) is 39.5 Å². The van der Waals surface area contributed by atoms with Crippen LogP contribution in [0.15, 0.2) is 0 Å². The van der Waals surface area contributed by atoms with E-state index in [9.17, 15) is 0 Å². The molecule has 0 heterocycles. The van der Waals surface area contributed by atoms with E-state index in [1.54, 1.807) is 7.11 Å². The van der Waals surface area contributed by atoms with E-state index in [0.29, 0.717) is 6.04 Å². The van der Waals surface area contributed by atoms with Gasteiger partial charge in [0.05, 0.1) is 0 Å². The highest BCUT2D eigenvalue weighted by molar-refractivity contribution is 4.62. The molecule has 0 fully saturated rings. The van der Waals surface area contributed by atoms with Crippen LogP contribution < -0.4 is 5.32 Å². The molecule has 0 aromatic rings. The summed E-state index contributed by atoms with van der Waals surface area (Å²) in [5, 5.41) is 3.47. The maximum atomic E-state index is 5.50. The van der Waals surface area contributed by atoms with E-state index in [1.165, 1.54) is 12.8 Å². The monoisotopic (exact) mass is 217 g/mol. The molecule has 92 valence electrons. The van der Waals surface area contributed by atoms with Crippen LogP contribution in [0.3, 0.4) is 0 Å². The molecule has 0 aliphatic heterocycles. The van der Waals surface area contributed by atoms with E-state index >= 15 is 0 Å². The first-order valence-electron chi connectivity index (χ1n) is 6.15. The van der Waals surface area contributed by atoms with E-state index < -0.39 is 0 Å². The van der Waals surface area contributed by atoms with Crippen molar-refractivity contribution in [3.05, 3.63) is 0 Å². The average Bonchev–Trinajstić information content (AvgIpc) is 2.26. The molecule has 3 heteroatoms. The molecular formula is C12H27NO2. The Balaban J connectivity index is 3.14. The van der Waals surface area contributed by atoms with Gasteiger partial charge in [-0.1, -0.05) is 13.8 Å². The van der Waals surface area contributed by atoms with Crippen molar-refractivity contribution < 1.29 is 9.47 Å². The second-order valence-corrected chi connectivity index (χ2v) is 3.76. The average molecular weight is 217 g/mol. The van der Waals surface area contributed by atoms with Crippen LogP contribution >= 0.6 is 0 Å². The standard InChI is InChI=1S/C12H27NO2/c1-4-12(13-5-2)8-6-10-15-11-7-9-14-3/h12-13H,4-11H2,1-3H3. The Bertz CT molecular complexity index is 120. The summed E-state index contributed by atoms with van der Waals surface area (Å²) < 4.78 is 10.4. The van der Waals surface area contributed by atoms with Crippen molar-refractivity contribution in [2.45, 2.75) is 45.6 Å². The Hall–Kier alpha value is -0.120. The Morgan fingerprint density at radius 1 is 1.07 bits per heavy atom. The summed E-state index contributed by atoms with van der Waals surface area (Å²) in [5.41, 5.74) is 0. The van der Waals surface area contributed by atoms with Gasteiger partial charge < -0.3 is 14.8 Å². The fourth-order valence-corrected chi connectivity index (χ4v) is 1.58. The lowest BCUT2D eigenvalue weighted by Gasteiger charge is -2.15. The van der Waals surface area contributed by atoms with Gasteiger partial charge in [-0.15, -0.1) is 0 Å². The van der Waals surface area contributed by atoms with Gasteiger partial charge in [0.15, 0.2) is 0 Å². The second kappa shape index (κ2) is 12.0. The maximum Gasteiger partial charge on any atom is 0.0487 e. The molecule has 0 saturated heterocycles. The Morgan fingerprint density at radius 2 is 1.80 bits per heavy atom. The molecule has 3 nitrogen and oxygen atoms in total. The highest BCUT2D eigenvalue weighted by Gasteiger charge is 2.02. The van der Waals surface area contributed by atoms with Gasteiger partial charge in [0.2, 0.25) is 0 Å². The van der Waals surface area contributed by atoms with Gasteiger partial charge in [-0.2, -0.15) is 0 Å². The van der Waals surface area contributed by atoms with Crippen molar-refractivity contribution in [2.24, 2.45) is 0 Å². The summed E-state index contributed by atoms with van der Waals surface area (Å²) in [4.78, 5) is 0. The maximum absolute atomic E-state index is 5.50. The lowest BCUT2D eigenvalue weighted by Crippen LogP contribution is -2.28. The van der Waals surface area contributed by atoms with Gasteiger partial charge in [-0.3, -0.25) is 0 Å². The smallest absolute Gasteiger partial charge is 0.0487 e. The zero-order valence-corrected chi connectivity index (χ0v) is 10.6. The van der Waals surface area contributed by atoms with Crippen molar-refractivity contribution >= 4 is 0 Å². The molecule has 0 aromatic heterocycles. The van der Waals surface area contributed by atoms with E-state index in [0.717, 1.165) is 39.2 Å². The summed E-state index contributed by atoms with van der Waals surface area (Å²) in [7, 11) is 1.72. The van der Waals surface area contributed by atoms with Gasteiger partial charge in [0.1, 0.15) is 0 Å². The van der Waals surface area contributed by atoms with Gasteiger partial charge in [0, 0.05) is 33.0 Å². The van der Waals surface area contributed by atoms with E-state index in [-0.39, 0.29) is 0 Å². The number of ether oxygens (including phenoxy) is 2. The number of hydrogen-bond acceptors (Lipinski definition) is 3. The number of hydrogen-bond donors (Lipinski definition) is 1. The Labute approximate surface area is 94.5 Å². The summed E-state index contributed by atoms with van der Waals surface area (Å²) in [6.07, 6.45) is 4.57. The highest BCUT2D eigenvalue weighted by atomic mass is 16.5. The first-order valence-corrected chi connectivity index (χ1v) is 6.15. The Kier molecular flexibility index (Phi) is 11.9. The summed E-state index contributed by atoms with van der Waals surface area (Å²) in [6, 6.07) is 0.664. The highest BCUT2D eigenvalue weighted by Crippen LogP contribution is 2.01. The van der Waals surface area contributed by atoms with Crippen LogP contribution in [0.2, 0.25) is 0 Å². The topological polar surface area (TPSA) is 30.5 Å². The zero-order valence-electron chi connectivity index (χ0n) is 10.6. The van der Waals surface area contributed by atoms with E-state index in [4.69, 9.17) is 9.47 Å². The van der Waals surface area contributed by atoms with E-state index in [1.807, 2.05) is 0 Å². The van der Waals surface area contributed by atoms with Crippen LogP contribution in [-0.4, -0.2) is 39.5 Å². The van der Waals surface area contributed by atoms with Crippen molar-refractivity contribution in [3.8, 4) is 0 Å². The van der Waals surface area contributed by atoms with Crippen molar-refractivity contribution in [1.82, 2.24) is 5.32 Å². The summed E-state index contributed by atoms with van der Waals surface area (Å²) >= 11 is 0. The molecule has 0 bridgehead atoms. The zero-order chi connectivity index (χ0) is 11.4. The fraction of sp³-hybridized carbons (Fsp3) is 1.00. The minimum atomic E-state index is 0.664. The molecule has 0 rings (SSSR count). The van der Waals surface area contributed by atoms with Crippen molar-refractivity contribution in [1.29, 1.82) is 0 Å². The molecule has 0 radical (unpaired) electrons. The van der Waals surface area contributed by atoms with Crippen molar-refractivity contribution in [3.63, 3.8) is 0 Å². The predicted octanol–water partition coefficient (Wildman–Crippen LogP) is 2.21. The molecule has 0 spiro atoms. The predicted molar refractivity (Wildman–Crippen MR) is 64.3 cm³/mol. The van der Waals surface area contributed by atoms with Crippen LogP contribution in [0.25, 0.3) is 0 Å². The molecule has 0 saturated carbocycles. The van der Waals surface area contributed by atoms with Gasteiger partial charge in [-0.25, -0.2) is 0 Å². The molecule has 0 aliphatic carbocycles. The number of nitrogens with one attached hydrogen (secondary N) is 1. The van der Waals surface area contributed by atoms with Crippen molar-refractivity contribution in [2.75, 3.05) is 33.5 Å². The van der Waals surface area contributed by atoms with Crippen LogP contribution in [0.5, 0.6) is 0 Å². The molecule has 0 amide bonds. The Morgan fingerprint density at radius 3 is 2.40 bits per heavy atom. The van der Waals surface area contributed by atoms with Gasteiger partial charge in [0.25, 0.3) is 0 Å². The molecule has 0 aromatic carbocycles. The SMILES string of the molecule is CCNC(CC)CCCOCCCOC. The largest absolute Gasteiger partial charge is 0.385 e. The number of methoxy groups -OCH3 is 1. The van der Waals surface area contributed by atoms with Crippen LogP contribution in [0, 0.1) is 0 Å². The normalized spacial score (nSPS) is 13.0. The lowest BCUT2D eigenvalue weighted by atomic mass is 10.1. The lowest BCUT2D eigenvalue weighted by molar-refractivity contribution is 0.0989. The molecule has 1 N–H and O–H groups in total. The molecule has 0 aliphatic rings. The third-order valence-corrected chi connectivity index (χ3v) is 2.46. The molecule has 1 unspecified atom stereocenters. The summed E-state index contributed by atoms with van der Waals surface area (Å²) in [6.45, 7) is 7.95. The molecular weight excluding hydrogens is 190 g/mol. The summed E-state index contributed by atoms with van der Waals surface area (Å²) in [5.74, 6) is 0. The van der Waals surface area contributed by atoms with Gasteiger partial charge >= 0.3 is 0 Å². The first kappa shape index (κ1) is 14.9. The first-order chi connectivity index (χ1) is 7.35. The van der Waals surface area contributed by atoms with Crippen LogP contribution in [-0.2, 0) is 9.47 Å². The minimum Gasteiger partial charge on any atom is -0.385 e. The number of rotatable bonds is 11. The van der Waals surface area contributed by atoms with Crippen LogP contribution in [0.4, 0.5) is 0 Å². The van der Waals surface area contributed by atoms with Gasteiger partial charge in [-0.05, 0) is 32.2 Å². The molecule has 15 heavy (non-hydrogen) atoms. The third kappa shape index (κ3) is 10.2. The quantitative estimate of drug-likeness (QED) is 0.538.